The number of rotatable bonds is 4. The molecule has 0 saturated carbocycles. The van der Waals surface area contributed by atoms with Gasteiger partial charge in [-0.25, -0.2) is 0 Å². The minimum absolute atomic E-state index is 0.0993. The lowest BCUT2D eigenvalue weighted by Gasteiger charge is -2.45. The lowest BCUT2D eigenvalue weighted by molar-refractivity contribution is -0.144. The Labute approximate surface area is 183 Å². The summed E-state index contributed by atoms with van der Waals surface area (Å²) in [7, 11) is 1.42. The van der Waals surface area contributed by atoms with Gasteiger partial charge < -0.3 is 14.6 Å². The van der Waals surface area contributed by atoms with Gasteiger partial charge in [0, 0.05) is 29.0 Å². The van der Waals surface area contributed by atoms with E-state index >= 15 is 0 Å². The molecule has 168 valence electrons. The average molecular weight is 429 g/mol. The second kappa shape index (κ2) is 7.21. The molecule has 2 aliphatic rings. The lowest BCUT2D eigenvalue weighted by atomic mass is 9.59. The van der Waals surface area contributed by atoms with Crippen LogP contribution in [0, 0.1) is 22.7 Å². The van der Waals surface area contributed by atoms with E-state index in [1.807, 2.05) is 13.8 Å². The van der Waals surface area contributed by atoms with Crippen molar-refractivity contribution in [1.82, 2.24) is 0 Å². The summed E-state index contributed by atoms with van der Waals surface area (Å²) in [6.45, 7) is 14.2. The zero-order chi connectivity index (χ0) is 23.6. The van der Waals surface area contributed by atoms with Crippen LogP contribution in [-0.4, -0.2) is 29.6 Å². The molecule has 1 N–H and O–H groups in total. The number of phenols is 1. The highest BCUT2D eigenvalue weighted by atomic mass is 16.5. The Morgan fingerprint density at radius 3 is 2.16 bits per heavy atom. The Hall–Kier alpha value is -2.63. The van der Waals surface area contributed by atoms with E-state index in [0.29, 0.717) is 11.1 Å². The number of fused-ring (bicyclic) bond motifs is 1. The predicted molar refractivity (Wildman–Crippen MR) is 117 cm³/mol. The molecule has 0 bridgehead atoms. The molecule has 6 nitrogen and oxygen atoms in total. The van der Waals surface area contributed by atoms with Crippen LogP contribution in [0.3, 0.4) is 0 Å². The van der Waals surface area contributed by atoms with E-state index < -0.39 is 16.7 Å². The van der Waals surface area contributed by atoms with Crippen molar-refractivity contribution in [1.29, 1.82) is 0 Å². The van der Waals surface area contributed by atoms with Gasteiger partial charge in [-0.15, -0.1) is 0 Å². The van der Waals surface area contributed by atoms with Crippen molar-refractivity contribution in [2.75, 3.05) is 7.11 Å². The van der Waals surface area contributed by atoms with Gasteiger partial charge in [-0.2, -0.15) is 0 Å². The third-order valence-electron chi connectivity index (χ3n) is 6.51. The maximum Gasteiger partial charge on any atom is 0.175 e. The van der Waals surface area contributed by atoms with Crippen molar-refractivity contribution in [2.24, 2.45) is 22.7 Å². The fraction of sp³-hybridized carbons (Fsp3) is 0.560. The summed E-state index contributed by atoms with van der Waals surface area (Å²) in [4.78, 5) is 39.9. The summed E-state index contributed by atoms with van der Waals surface area (Å²) >= 11 is 0. The summed E-state index contributed by atoms with van der Waals surface area (Å²) < 4.78 is 11.7. The average Bonchev–Trinajstić information content (AvgIpc) is 2.69. The minimum Gasteiger partial charge on any atom is -0.507 e. The van der Waals surface area contributed by atoms with Crippen LogP contribution in [0.2, 0.25) is 0 Å². The summed E-state index contributed by atoms with van der Waals surface area (Å²) in [6, 6.07) is 1.41. The summed E-state index contributed by atoms with van der Waals surface area (Å²) in [5.74, 6) is -1.17. The normalized spacial score (nSPS) is 21.7. The number of aromatic hydroxyl groups is 1. The number of carbonyl (C=O) groups excluding carboxylic acids is 3. The second-order valence-electron chi connectivity index (χ2n) is 10.2. The van der Waals surface area contributed by atoms with Crippen LogP contribution in [0.5, 0.6) is 17.2 Å². The van der Waals surface area contributed by atoms with Crippen LogP contribution in [-0.2, 0) is 9.59 Å². The van der Waals surface area contributed by atoms with Gasteiger partial charge in [-0.3, -0.25) is 14.4 Å². The van der Waals surface area contributed by atoms with Gasteiger partial charge in [-0.1, -0.05) is 27.7 Å². The molecule has 1 aliphatic heterocycles. The maximum absolute atomic E-state index is 13.5. The van der Waals surface area contributed by atoms with Crippen molar-refractivity contribution in [3.05, 3.63) is 28.5 Å². The Balaban J connectivity index is 2.45. The highest BCUT2D eigenvalue weighted by molar-refractivity contribution is 6.20. The van der Waals surface area contributed by atoms with Gasteiger partial charge in [0.25, 0.3) is 0 Å². The highest BCUT2D eigenvalue weighted by Gasteiger charge is 2.58. The van der Waals surface area contributed by atoms with E-state index in [-0.39, 0.29) is 57.8 Å². The molecule has 1 aromatic carbocycles. The van der Waals surface area contributed by atoms with Crippen LogP contribution in [0.1, 0.15) is 77.2 Å². The summed E-state index contributed by atoms with van der Waals surface area (Å²) in [6.07, 6.45) is 0. The lowest BCUT2D eigenvalue weighted by Crippen LogP contribution is -2.52. The zero-order valence-electron chi connectivity index (χ0n) is 19.8. The Kier molecular flexibility index (Phi) is 5.36. The second-order valence-corrected chi connectivity index (χ2v) is 10.2. The fourth-order valence-corrected chi connectivity index (χ4v) is 4.87. The molecule has 0 amide bonds. The van der Waals surface area contributed by atoms with Crippen LogP contribution in [0.15, 0.2) is 17.4 Å². The van der Waals surface area contributed by atoms with Crippen LogP contribution in [0.4, 0.5) is 0 Å². The summed E-state index contributed by atoms with van der Waals surface area (Å²) in [5.41, 5.74) is -1.26. The molecule has 0 unspecified atom stereocenters. The Morgan fingerprint density at radius 1 is 1.10 bits per heavy atom. The number of allylic oxidation sites excluding steroid dienone is 2. The van der Waals surface area contributed by atoms with E-state index in [1.54, 1.807) is 41.5 Å². The van der Waals surface area contributed by atoms with Gasteiger partial charge in [0.05, 0.1) is 17.9 Å². The number of benzene rings is 1. The molecule has 1 atom stereocenters. The standard InChI is InChI=1S/C25H32O6/c1-11(2)15-16-13(26)10-14(30-9)17(19(27)12(3)4)20(16)31-22-18(15)21(28)24(5,6)23(29)25(22,7)8/h10-12,15,26H,1-9H3/t15-/m0/s1. The van der Waals surface area contributed by atoms with Crippen molar-refractivity contribution in [2.45, 2.75) is 61.3 Å². The van der Waals surface area contributed by atoms with Gasteiger partial charge >= 0.3 is 0 Å². The van der Waals surface area contributed by atoms with E-state index in [1.165, 1.54) is 13.2 Å². The number of methoxy groups -OCH3 is 1. The van der Waals surface area contributed by atoms with Gasteiger partial charge in [0.15, 0.2) is 17.3 Å². The third kappa shape index (κ3) is 3.10. The molecule has 0 aromatic heterocycles. The monoisotopic (exact) mass is 428 g/mol. The third-order valence-corrected chi connectivity index (χ3v) is 6.51. The van der Waals surface area contributed by atoms with E-state index in [4.69, 9.17) is 9.47 Å². The van der Waals surface area contributed by atoms with Crippen LogP contribution >= 0.6 is 0 Å². The quantitative estimate of drug-likeness (QED) is 0.546. The first-order valence-corrected chi connectivity index (χ1v) is 10.7. The molecule has 0 radical (unpaired) electrons. The summed E-state index contributed by atoms with van der Waals surface area (Å²) in [5, 5.41) is 10.9. The molecule has 1 aliphatic carbocycles. The number of Topliss-reactive ketones (excluding diaryl/α,β-unsaturated/α-hetero) is 3. The Morgan fingerprint density at radius 2 is 1.68 bits per heavy atom. The molecule has 1 aromatic rings. The number of hydrogen-bond acceptors (Lipinski definition) is 6. The molecule has 31 heavy (non-hydrogen) atoms. The number of hydrogen-bond donors (Lipinski definition) is 1. The first-order valence-electron chi connectivity index (χ1n) is 10.7. The molecular weight excluding hydrogens is 396 g/mol. The Bertz CT molecular complexity index is 1020. The topological polar surface area (TPSA) is 89.9 Å². The predicted octanol–water partition coefficient (Wildman–Crippen LogP) is 4.83. The van der Waals surface area contributed by atoms with Gasteiger partial charge in [0.2, 0.25) is 0 Å². The molecular formula is C25H32O6. The van der Waals surface area contributed by atoms with Crippen molar-refractivity contribution in [3.63, 3.8) is 0 Å². The smallest absolute Gasteiger partial charge is 0.175 e. The van der Waals surface area contributed by atoms with Crippen molar-refractivity contribution >= 4 is 17.3 Å². The van der Waals surface area contributed by atoms with Crippen molar-refractivity contribution < 1.29 is 29.0 Å². The maximum atomic E-state index is 13.5. The van der Waals surface area contributed by atoms with E-state index in [2.05, 4.69) is 0 Å². The van der Waals surface area contributed by atoms with E-state index in [0.717, 1.165) is 0 Å². The molecule has 6 heteroatoms. The minimum atomic E-state index is -1.21. The number of ketones is 3. The van der Waals surface area contributed by atoms with Crippen LogP contribution in [0.25, 0.3) is 0 Å². The first kappa shape index (κ1) is 23.0. The van der Waals surface area contributed by atoms with Gasteiger partial charge in [0.1, 0.15) is 28.6 Å². The number of carbonyl (C=O) groups is 3. The fourth-order valence-electron chi connectivity index (χ4n) is 4.87. The van der Waals surface area contributed by atoms with Gasteiger partial charge in [-0.05, 0) is 33.6 Å². The number of phenolic OH excluding ortho intramolecular Hbond substituents is 1. The van der Waals surface area contributed by atoms with E-state index in [9.17, 15) is 19.5 Å². The molecule has 3 rings (SSSR count). The molecule has 1 heterocycles. The first-order chi connectivity index (χ1) is 14.2. The highest BCUT2D eigenvalue weighted by Crippen LogP contribution is 2.58. The molecule has 0 fully saturated rings. The molecule has 0 spiro atoms. The SMILES string of the molecule is COc1cc(O)c2c(c1C(=O)C(C)C)OC1=C(C(=O)C(C)(C)C(=O)C1(C)C)[C@H]2C(C)C. The number of ether oxygens (including phenoxy) is 2. The largest absolute Gasteiger partial charge is 0.507 e. The molecule has 0 saturated heterocycles. The zero-order valence-corrected chi connectivity index (χ0v) is 19.8. The van der Waals surface area contributed by atoms with Crippen LogP contribution < -0.4 is 9.47 Å². The van der Waals surface area contributed by atoms with Crippen molar-refractivity contribution in [3.8, 4) is 17.2 Å².